The van der Waals surface area contributed by atoms with Crippen LogP contribution in [0.5, 0.6) is 0 Å². The smallest absolute Gasteiger partial charge is 0.338 e. The highest BCUT2D eigenvalue weighted by atomic mass is 32.2. The summed E-state index contributed by atoms with van der Waals surface area (Å²) in [7, 11) is 0. The molecule has 1 unspecified atom stereocenters. The number of nitrogens with zero attached hydrogens (tertiary/aromatic N) is 3. The molecule has 2 heterocycles. The molecule has 1 aliphatic heterocycles. The third kappa shape index (κ3) is 4.78. The van der Waals surface area contributed by atoms with Crippen LogP contribution in [0.25, 0.3) is 0 Å². The van der Waals surface area contributed by atoms with E-state index in [-0.39, 0.29) is 12.6 Å². The number of pyridine rings is 1. The lowest BCUT2D eigenvalue weighted by atomic mass is 9.95. The summed E-state index contributed by atoms with van der Waals surface area (Å²) in [5.41, 5.74) is 3.91. The van der Waals surface area contributed by atoms with Crippen molar-refractivity contribution in [3.63, 3.8) is 0 Å². The van der Waals surface area contributed by atoms with Gasteiger partial charge in [0.25, 0.3) is 0 Å². The normalized spacial score (nSPS) is 15.9. The monoisotopic (exact) mass is 450 g/mol. The van der Waals surface area contributed by atoms with E-state index in [1.54, 1.807) is 11.8 Å². The van der Waals surface area contributed by atoms with Crippen molar-refractivity contribution in [2.24, 2.45) is 0 Å². The Bertz CT molecular complexity index is 1090. The molecule has 1 atom stereocenters. The van der Waals surface area contributed by atoms with Crippen LogP contribution in [0.15, 0.2) is 52.7 Å². The fourth-order valence-electron chi connectivity index (χ4n) is 3.72. The van der Waals surface area contributed by atoms with Crippen LogP contribution in [0.2, 0.25) is 0 Å². The van der Waals surface area contributed by atoms with Crippen LogP contribution >= 0.6 is 11.8 Å². The predicted octanol–water partition coefficient (Wildman–Crippen LogP) is 4.27. The number of urea groups is 1. The molecule has 2 aromatic rings. The number of nitrogens with one attached hydrogen (secondary N) is 1. The van der Waals surface area contributed by atoms with Gasteiger partial charge in [0.05, 0.1) is 23.8 Å². The van der Waals surface area contributed by atoms with Gasteiger partial charge in [-0.2, -0.15) is 5.26 Å². The van der Waals surface area contributed by atoms with Gasteiger partial charge in [0.2, 0.25) is 0 Å². The first-order valence-electron chi connectivity index (χ1n) is 10.4. The lowest BCUT2D eigenvalue weighted by Gasteiger charge is -2.36. The van der Waals surface area contributed by atoms with E-state index < -0.39 is 12.0 Å². The lowest BCUT2D eigenvalue weighted by Crippen LogP contribution is -2.49. The van der Waals surface area contributed by atoms with E-state index in [0.29, 0.717) is 34.2 Å². The number of carbonyl (C=O) groups is 2. The van der Waals surface area contributed by atoms with Crippen molar-refractivity contribution in [3.8, 4) is 6.07 Å². The molecule has 32 heavy (non-hydrogen) atoms. The maximum atomic E-state index is 13.1. The maximum absolute atomic E-state index is 13.1. The zero-order chi connectivity index (χ0) is 23.3. The Kier molecular flexibility index (Phi) is 7.54. The summed E-state index contributed by atoms with van der Waals surface area (Å²) >= 11 is 1.34. The van der Waals surface area contributed by atoms with Crippen molar-refractivity contribution >= 4 is 23.8 Å². The van der Waals surface area contributed by atoms with Gasteiger partial charge in [-0.25, -0.2) is 14.6 Å². The minimum Gasteiger partial charge on any atom is -0.463 e. The molecule has 2 amide bonds. The first-order chi connectivity index (χ1) is 15.4. The molecule has 1 aliphatic rings. The quantitative estimate of drug-likeness (QED) is 0.500. The van der Waals surface area contributed by atoms with Crippen LogP contribution in [0.3, 0.4) is 0 Å². The number of thioether (sulfide) groups is 1. The fourth-order valence-corrected chi connectivity index (χ4v) is 4.86. The Morgan fingerprint density at radius 1 is 1.28 bits per heavy atom. The SMILES string of the molecule is CCOC(=O)C1=C(CSc2nc(C)cc(C)c2C#N)N(CC)C(=O)NC1c1ccccc1. The Balaban J connectivity index is 2.10. The summed E-state index contributed by atoms with van der Waals surface area (Å²) < 4.78 is 5.37. The number of rotatable bonds is 7. The molecule has 3 rings (SSSR count). The number of hydrogen-bond acceptors (Lipinski definition) is 6. The van der Waals surface area contributed by atoms with Gasteiger partial charge >= 0.3 is 12.0 Å². The third-order valence-corrected chi connectivity index (χ3v) is 6.14. The van der Waals surface area contributed by atoms with E-state index in [1.165, 1.54) is 11.8 Å². The Hall–Kier alpha value is -3.31. The fraction of sp³-hybridized carbons (Fsp3) is 0.333. The van der Waals surface area contributed by atoms with Gasteiger partial charge in [0.1, 0.15) is 11.1 Å². The Morgan fingerprint density at radius 2 is 2.00 bits per heavy atom. The van der Waals surface area contributed by atoms with Gasteiger partial charge in [-0.1, -0.05) is 42.1 Å². The van der Waals surface area contributed by atoms with Crippen LogP contribution in [0.4, 0.5) is 4.79 Å². The van der Waals surface area contributed by atoms with E-state index >= 15 is 0 Å². The number of hydrogen-bond donors (Lipinski definition) is 1. The lowest BCUT2D eigenvalue weighted by molar-refractivity contribution is -0.139. The summed E-state index contributed by atoms with van der Waals surface area (Å²) in [6, 6.07) is 12.5. The molecule has 0 radical (unpaired) electrons. The van der Waals surface area contributed by atoms with Crippen LogP contribution in [0.1, 0.15) is 42.3 Å². The highest BCUT2D eigenvalue weighted by Crippen LogP contribution is 2.35. The molecule has 0 fully saturated rings. The number of benzene rings is 1. The van der Waals surface area contributed by atoms with Crippen LogP contribution < -0.4 is 5.32 Å². The molecular weight excluding hydrogens is 424 g/mol. The van der Waals surface area contributed by atoms with Crippen LogP contribution in [-0.2, 0) is 9.53 Å². The maximum Gasteiger partial charge on any atom is 0.338 e. The van der Waals surface area contributed by atoms with E-state index in [2.05, 4.69) is 16.4 Å². The molecule has 1 aromatic heterocycles. The van der Waals surface area contributed by atoms with Crippen molar-refractivity contribution in [2.45, 2.75) is 38.8 Å². The van der Waals surface area contributed by atoms with Crippen molar-refractivity contribution in [1.29, 1.82) is 5.26 Å². The zero-order valence-corrected chi connectivity index (χ0v) is 19.5. The van der Waals surface area contributed by atoms with Crippen LogP contribution in [0, 0.1) is 25.2 Å². The Labute approximate surface area is 192 Å². The predicted molar refractivity (Wildman–Crippen MR) is 123 cm³/mol. The van der Waals surface area contributed by atoms with E-state index in [0.717, 1.165) is 16.8 Å². The first kappa shape index (κ1) is 23.4. The molecule has 8 heteroatoms. The minimum absolute atomic E-state index is 0.224. The van der Waals surface area contributed by atoms with Crippen molar-refractivity contribution in [3.05, 3.63) is 70.1 Å². The number of aryl methyl sites for hydroxylation is 2. The summed E-state index contributed by atoms with van der Waals surface area (Å²) in [6.07, 6.45) is 0. The number of esters is 1. The molecule has 166 valence electrons. The number of carbonyl (C=O) groups excluding carboxylic acids is 2. The van der Waals surface area contributed by atoms with E-state index in [4.69, 9.17) is 4.74 Å². The minimum atomic E-state index is -0.621. The van der Waals surface area contributed by atoms with E-state index in [1.807, 2.05) is 57.2 Å². The molecule has 1 aromatic carbocycles. The largest absolute Gasteiger partial charge is 0.463 e. The second-order valence-corrected chi connectivity index (χ2v) is 8.24. The summed E-state index contributed by atoms with van der Waals surface area (Å²) in [5, 5.41) is 13.1. The average Bonchev–Trinajstić information content (AvgIpc) is 2.77. The van der Waals surface area contributed by atoms with Gasteiger partial charge in [-0.3, -0.25) is 4.90 Å². The highest BCUT2D eigenvalue weighted by Gasteiger charge is 2.37. The second-order valence-electron chi connectivity index (χ2n) is 7.28. The average molecular weight is 451 g/mol. The van der Waals surface area contributed by atoms with Gasteiger partial charge in [-0.05, 0) is 44.9 Å². The second kappa shape index (κ2) is 10.3. The molecule has 0 saturated heterocycles. The molecule has 7 nitrogen and oxygen atoms in total. The van der Waals surface area contributed by atoms with E-state index in [9.17, 15) is 14.9 Å². The molecule has 0 saturated carbocycles. The summed E-state index contributed by atoms with van der Waals surface area (Å²) in [4.78, 5) is 32.1. The molecular formula is C24H26N4O3S. The van der Waals surface area contributed by atoms with Gasteiger partial charge in [0.15, 0.2) is 0 Å². The Morgan fingerprint density at radius 3 is 2.62 bits per heavy atom. The van der Waals surface area contributed by atoms with Gasteiger partial charge in [-0.15, -0.1) is 0 Å². The standard InChI is InChI=1S/C24H26N4O3S/c1-5-28-19(14-32-22-18(13-25)15(3)12-16(4)26-22)20(23(29)31-6-2)21(27-24(28)30)17-10-8-7-9-11-17/h7-12,21H,5-6,14H2,1-4H3,(H,27,30). The third-order valence-electron chi connectivity index (χ3n) is 5.15. The van der Waals surface area contributed by atoms with Crippen molar-refractivity contribution in [2.75, 3.05) is 18.9 Å². The van der Waals surface area contributed by atoms with Gasteiger partial charge in [0, 0.05) is 23.7 Å². The molecule has 0 bridgehead atoms. The summed E-state index contributed by atoms with van der Waals surface area (Å²) in [5.74, 6) is -0.173. The van der Waals surface area contributed by atoms with Crippen LogP contribution in [-0.4, -0.2) is 40.8 Å². The molecule has 0 spiro atoms. The highest BCUT2D eigenvalue weighted by molar-refractivity contribution is 7.99. The van der Waals surface area contributed by atoms with Crippen molar-refractivity contribution < 1.29 is 14.3 Å². The molecule has 1 N–H and O–H groups in total. The van der Waals surface area contributed by atoms with Crippen molar-refractivity contribution in [1.82, 2.24) is 15.2 Å². The first-order valence-corrected chi connectivity index (χ1v) is 11.4. The van der Waals surface area contributed by atoms with Gasteiger partial charge < -0.3 is 10.1 Å². The number of ether oxygens (including phenoxy) is 1. The molecule has 0 aliphatic carbocycles. The zero-order valence-electron chi connectivity index (χ0n) is 18.6. The number of amides is 2. The number of aromatic nitrogens is 1. The number of nitriles is 1. The topological polar surface area (TPSA) is 95.3 Å². The summed E-state index contributed by atoms with van der Waals surface area (Å²) in [6.45, 7) is 7.96.